The van der Waals surface area contributed by atoms with E-state index in [2.05, 4.69) is 15.9 Å². The van der Waals surface area contributed by atoms with Gasteiger partial charge in [-0.3, -0.25) is 0 Å². The Balaban J connectivity index is 2.69. The first kappa shape index (κ1) is 8.17. The molecule has 0 heterocycles. The summed E-state index contributed by atoms with van der Waals surface area (Å²) in [6.45, 7) is 0. The fraction of sp³-hybridized carbons (Fsp3) is 0.333. The molecule has 0 saturated carbocycles. The van der Waals surface area contributed by atoms with Crippen molar-refractivity contribution >= 4 is 15.9 Å². The molecule has 0 aromatic heterocycles. The Morgan fingerprint density at radius 3 is 2.58 bits per heavy atom. The summed E-state index contributed by atoms with van der Waals surface area (Å²) in [5.74, 6) is -0.570. The van der Waals surface area contributed by atoms with E-state index in [9.17, 15) is 8.78 Å². The molecule has 3 heteroatoms. The van der Waals surface area contributed by atoms with E-state index < -0.39 is 0 Å². The molecule has 0 bridgehead atoms. The highest BCUT2D eigenvalue weighted by Gasteiger charge is 2.21. The molecule has 0 spiro atoms. The average molecular weight is 233 g/mol. The predicted octanol–water partition coefficient (Wildman–Crippen LogP) is 3.22. The number of halogens is 3. The highest BCUT2D eigenvalue weighted by atomic mass is 79.9. The van der Waals surface area contributed by atoms with Crippen LogP contribution in [0.3, 0.4) is 0 Å². The van der Waals surface area contributed by atoms with E-state index >= 15 is 0 Å². The molecule has 0 aliphatic heterocycles. The Morgan fingerprint density at radius 1 is 1.17 bits per heavy atom. The lowest BCUT2D eigenvalue weighted by atomic mass is 10.1. The molecular formula is C9H7BrF2. The van der Waals surface area contributed by atoms with Gasteiger partial charge in [-0.2, -0.15) is 0 Å². The summed E-state index contributed by atoms with van der Waals surface area (Å²) in [5.41, 5.74) is 1.12. The highest BCUT2D eigenvalue weighted by molar-refractivity contribution is 9.10. The van der Waals surface area contributed by atoms with Crippen LogP contribution in [-0.4, -0.2) is 0 Å². The number of hydrogen-bond donors (Lipinski definition) is 0. The zero-order valence-electron chi connectivity index (χ0n) is 6.33. The third-order valence-corrected chi connectivity index (χ3v) is 2.81. The van der Waals surface area contributed by atoms with E-state index in [0.29, 0.717) is 24.0 Å². The van der Waals surface area contributed by atoms with Gasteiger partial charge in [0.2, 0.25) is 0 Å². The zero-order valence-corrected chi connectivity index (χ0v) is 7.92. The van der Waals surface area contributed by atoms with Crippen molar-refractivity contribution in [3.05, 3.63) is 33.3 Å². The molecule has 0 amide bonds. The summed E-state index contributed by atoms with van der Waals surface area (Å²) in [6, 6.07) is 1.21. The second kappa shape index (κ2) is 2.80. The first-order chi connectivity index (χ1) is 5.70. The highest BCUT2D eigenvalue weighted by Crippen LogP contribution is 2.31. The molecule has 1 aromatic rings. The predicted molar refractivity (Wildman–Crippen MR) is 46.1 cm³/mol. The molecule has 0 atom stereocenters. The van der Waals surface area contributed by atoms with Crippen LogP contribution in [0.25, 0.3) is 0 Å². The first-order valence-electron chi connectivity index (χ1n) is 3.85. The van der Waals surface area contributed by atoms with Crippen LogP contribution in [-0.2, 0) is 12.8 Å². The molecule has 0 unspecified atom stereocenters. The van der Waals surface area contributed by atoms with E-state index in [1.165, 1.54) is 6.07 Å². The number of hydrogen-bond acceptors (Lipinski definition) is 0. The average Bonchev–Trinajstić information content (AvgIpc) is 2.48. The Hall–Kier alpha value is -0.440. The van der Waals surface area contributed by atoms with E-state index in [-0.39, 0.29) is 16.1 Å². The zero-order chi connectivity index (χ0) is 8.72. The Bertz CT molecular complexity index is 334. The standard InChI is InChI=1S/C9H7BrF2/c10-7-4-8(11)5-2-1-3-6(5)9(7)12/h4H,1-3H2. The van der Waals surface area contributed by atoms with Crippen LogP contribution in [0.2, 0.25) is 0 Å². The van der Waals surface area contributed by atoms with Crippen LogP contribution in [0.1, 0.15) is 17.5 Å². The van der Waals surface area contributed by atoms with Crippen molar-refractivity contribution in [2.45, 2.75) is 19.3 Å². The minimum atomic E-state index is -0.288. The van der Waals surface area contributed by atoms with Crippen LogP contribution in [0.15, 0.2) is 10.5 Å². The minimum absolute atomic E-state index is 0.237. The maximum Gasteiger partial charge on any atom is 0.141 e. The van der Waals surface area contributed by atoms with Crippen molar-refractivity contribution in [1.82, 2.24) is 0 Å². The molecular weight excluding hydrogens is 226 g/mol. The van der Waals surface area contributed by atoms with E-state index in [4.69, 9.17) is 0 Å². The molecule has 0 fully saturated rings. The first-order valence-corrected chi connectivity index (χ1v) is 4.64. The number of rotatable bonds is 0. The van der Waals surface area contributed by atoms with Crippen molar-refractivity contribution in [3.8, 4) is 0 Å². The summed E-state index contributed by atoms with van der Waals surface area (Å²) in [4.78, 5) is 0. The van der Waals surface area contributed by atoms with Crippen molar-refractivity contribution in [1.29, 1.82) is 0 Å². The van der Waals surface area contributed by atoms with Crippen LogP contribution >= 0.6 is 15.9 Å². The monoisotopic (exact) mass is 232 g/mol. The molecule has 0 saturated heterocycles. The topological polar surface area (TPSA) is 0 Å². The van der Waals surface area contributed by atoms with Gasteiger partial charge in [0.05, 0.1) is 4.47 Å². The fourth-order valence-corrected chi connectivity index (χ4v) is 2.10. The smallest absolute Gasteiger partial charge is 0.141 e. The molecule has 0 nitrogen and oxygen atoms in total. The maximum atomic E-state index is 13.3. The summed E-state index contributed by atoms with van der Waals surface area (Å²) < 4.78 is 26.6. The van der Waals surface area contributed by atoms with Gasteiger partial charge in [-0.15, -0.1) is 0 Å². The van der Waals surface area contributed by atoms with Gasteiger partial charge in [-0.1, -0.05) is 0 Å². The Labute approximate surface area is 77.7 Å². The summed E-state index contributed by atoms with van der Waals surface area (Å²) >= 11 is 2.98. The lowest BCUT2D eigenvalue weighted by Crippen LogP contribution is -1.94. The molecule has 0 radical (unpaired) electrons. The van der Waals surface area contributed by atoms with E-state index in [1.54, 1.807) is 0 Å². The van der Waals surface area contributed by atoms with Gasteiger partial charge in [-0.05, 0) is 52.4 Å². The summed E-state index contributed by atoms with van der Waals surface area (Å²) in [6.07, 6.45) is 2.20. The van der Waals surface area contributed by atoms with Gasteiger partial charge in [-0.25, -0.2) is 8.78 Å². The fourth-order valence-electron chi connectivity index (χ4n) is 1.66. The van der Waals surface area contributed by atoms with Crippen molar-refractivity contribution < 1.29 is 8.78 Å². The molecule has 1 aliphatic rings. The van der Waals surface area contributed by atoms with Gasteiger partial charge in [0.15, 0.2) is 0 Å². The van der Waals surface area contributed by atoms with Gasteiger partial charge < -0.3 is 0 Å². The number of benzene rings is 1. The molecule has 0 N–H and O–H groups in total. The largest absolute Gasteiger partial charge is 0.207 e. The molecule has 64 valence electrons. The van der Waals surface area contributed by atoms with Gasteiger partial charge in [0.25, 0.3) is 0 Å². The minimum Gasteiger partial charge on any atom is -0.207 e. The third kappa shape index (κ3) is 1.07. The van der Waals surface area contributed by atoms with E-state index in [0.717, 1.165) is 6.42 Å². The SMILES string of the molecule is Fc1cc(Br)c(F)c2c1CCC2. The molecule has 12 heavy (non-hydrogen) atoms. The summed E-state index contributed by atoms with van der Waals surface area (Å²) in [5, 5.41) is 0. The van der Waals surface area contributed by atoms with Gasteiger partial charge in [0, 0.05) is 0 Å². The van der Waals surface area contributed by atoms with Gasteiger partial charge >= 0.3 is 0 Å². The third-order valence-electron chi connectivity index (χ3n) is 2.23. The maximum absolute atomic E-state index is 13.3. The van der Waals surface area contributed by atoms with E-state index in [1.807, 2.05) is 0 Å². The van der Waals surface area contributed by atoms with Crippen LogP contribution in [0.5, 0.6) is 0 Å². The van der Waals surface area contributed by atoms with Crippen molar-refractivity contribution in [2.24, 2.45) is 0 Å². The Kier molecular flexibility index (Phi) is 1.91. The normalized spacial score (nSPS) is 14.9. The Morgan fingerprint density at radius 2 is 1.83 bits per heavy atom. The second-order valence-corrected chi connectivity index (χ2v) is 3.82. The number of fused-ring (bicyclic) bond motifs is 1. The summed E-state index contributed by atoms with van der Waals surface area (Å²) in [7, 11) is 0. The van der Waals surface area contributed by atoms with Crippen LogP contribution in [0.4, 0.5) is 8.78 Å². The van der Waals surface area contributed by atoms with Crippen molar-refractivity contribution in [3.63, 3.8) is 0 Å². The van der Waals surface area contributed by atoms with Crippen LogP contribution < -0.4 is 0 Å². The molecule has 1 aromatic carbocycles. The van der Waals surface area contributed by atoms with Gasteiger partial charge in [0.1, 0.15) is 11.6 Å². The second-order valence-electron chi connectivity index (χ2n) is 2.96. The molecule has 2 rings (SSSR count). The quantitative estimate of drug-likeness (QED) is 0.603. The molecule has 1 aliphatic carbocycles. The van der Waals surface area contributed by atoms with Crippen LogP contribution in [0, 0.1) is 11.6 Å². The lowest BCUT2D eigenvalue weighted by molar-refractivity contribution is 0.579. The lowest BCUT2D eigenvalue weighted by Gasteiger charge is -2.03. The van der Waals surface area contributed by atoms with Crippen molar-refractivity contribution in [2.75, 3.05) is 0 Å².